The molecule has 40 heavy (non-hydrogen) atoms. The molecule has 4 rings (SSSR count). The number of allylic oxidation sites excluding steroid dienone is 2. The number of ether oxygens (including phenoxy) is 2. The third-order valence-electron chi connectivity index (χ3n) is 6.17. The van der Waals surface area contributed by atoms with Gasteiger partial charge >= 0.3 is 0 Å². The predicted molar refractivity (Wildman–Crippen MR) is 158 cm³/mol. The Morgan fingerprint density at radius 3 is 2.42 bits per heavy atom. The van der Waals surface area contributed by atoms with E-state index in [1.54, 1.807) is 55.5 Å². The molecule has 3 aromatic carbocycles. The number of nitrogens with zero attached hydrogens (tertiary/aromatic N) is 1. The van der Waals surface area contributed by atoms with Crippen molar-refractivity contribution in [3.8, 4) is 17.6 Å². The first kappa shape index (κ1) is 28.6. The summed E-state index contributed by atoms with van der Waals surface area (Å²) in [6.45, 7) is 1.76. The van der Waals surface area contributed by atoms with E-state index in [2.05, 4.69) is 22.0 Å². The van der Waals surface area contributed by atoms with E-state index >= 15 is 0 Å². The molecule has 0 spiro atoms. The first-order valence-electron chi connectivity index (χ1n) is 12.2. The van der Waals surface area contributed by atoms with Crippen molar-refractivity contribution in [1.29, 1.82) is 5.26 Å². The van der Waals surface area contributed by atoms with Crippen molar-refractivity contribution in [2.75, 3.05) is 30.6 Å². The first-order chi connectivity index (χ1) is 19.4. The molecule has 1 atom stereocenters. The van der Waals surface area contributed by atoms with E-state index in [0.29, 0.717) is 49.8 Å². The molecule has 2 amide bonds. The maximum Gasteiger partial charge on any atom is 0.254 e. The summed E-state index contributed by atoms with van der Waals surface area (Å²) in [6, 6.07) is 23.5. The van der Waals surface area contributed by atoms with Crippen LogP contribution in [0.15, 0.2) is 94.7 Å². The van der Waals surface area contributed by atoms with Crippen LogP contribution in [0.2, 0.25) is 5.02 Å². The zero-order valence-corrected chi connectivity index (χ0v) is 23.7. The van der Waals surface area contributed by atoms with Crippen LogP contribution in [0.3, 0.4) is 0 Å². The molecule has 1 aliphatic heterocycles. The highest BCUT2D eigenvalue weighted by Crippen LogP contribution is 2.43. The van der Waals surface area contributed by atoms with Crippen LogP contribution < -0.4 is 25.4 Å². The van der Waals surface area contributed by atoms with Crippen LogP contribution in [0.1, 0.15) is 18.4 Å². The van der Waals surface area contributed by atoms with Crippen LogP contribution in [0, 0.1) is 11.3 Å². The van der Waals surface area contributed by atoms with E-state index in [1.807, 2.05) is 24.3 Å². The number of benzene rings is 3. The highest BCUT2D eigenvalue weighted by Gasteiger charge is 2.36. The summed E-state index contributed by atoms with van der Waals surface area (Å²) in [5.74, 6) is -0.377. The monoisotopic (exact) mass is 574 g/mol. The van der Waals surface area contributed by atoms with Crippen LogP contribution in [-0.4, -0.2) is 31.8 Å². The van der Waals surface area contributed by atoms with Gasteiger partial charge in [0.25, 0.3) is 5.91 Å². The number of hydrogen-bond acceptors (Lipinski definition) is 7. The van der Waals surface area contributed by atoms with Crippen molar-refractivity contribution in [2.45, 2.75) is 12.8 Å². The minimum Gasteiger partial charge on any atom is -0.497 e. The van der Waals surface area contributed by atoms with Gasteiger partial charge in [-0.3, -0.25) is 9.59 Å². The Kier molecular flexibility index (Phi) is 9.38. The lowest BCUT2D eigenvalue weighted by Gasteiger charge is -2.30. The van der Waals surface area contributed by atoms with Crippen molar-refractivity contribution in [2.24, 2.45) is 0 Å². The molecular formula is C30H27ClN4O4S. The molecule has 0 bridgehead atoms. The molecule has 0 aliphatic carbocycles. The Balaban J connectivity index is 1.63. The molecule has 0 radical (unpaired) electrons. The molecule has 1 heterocycles. The van der Waals surface area contributed by atoms with Gasteiger partial charge in [0, 0.05) is 28.0 Å². The molecule has 0 unspecified atom stereocenters. The second kappa shape index (κ2) is 13.1. The van der Waals surface area contributed by atoms with Crippen LogP contribution in [0.4, 0.5) is 11.4 Å². The Morgan fingerprint density at radius 1 is 1.02 bits per heavy atom. The summed E-state index contributed by atoms with van der Waals surface area (Å²) in [5.41, 5.74) is 2.90. The van der Waals surface area contributed by atoms with E-state index in [4.69, 9.17) is 21.1 Å². The van der Waals surface area contributed by atoms with Gasteiger partial charge in [0.1, 0.15) is 11.5 Å². The number of halogens is 1. The Bertz CT molecular complexity index is 1530. The van der Waals surface area contributed by atoms with Crippen LogP contribution in [-0.2, 0) is 9.59 Å². The molecule has 204 valence electrons. The summed E-state index contributed by atoms with van der Waals surface area (Å²) >= 11 is 7.74. The maximum atomic E-state index is 13.5. The van der Waals surface area contributed by atoms with E-state index in [-0.39, 0.29) is 23.1 Å². The molecule has 0 fully saturated rings. The number of thioether (sulfide) groups is 1. The van der Waals surface area contributed by atoms with Crippen LogP contribution in [0.5, 0.6) is 11.5 Å². The number of carbonyl (C=O) groups is 2. The van der Waals surface area contributed by atoms with Crippen molar-refractivity contribution in [3.63, 3.8) is 0 Å². The van der Waals surface area contributed by atoms with E-state index in [0.717, 1.165) is 11.8 Å². The minimum atomic E-state index is -0.743. The normalized spacial score (nSPS) is 14.6. The number of para-hydroxylation sites is 1. The van der Waals surface area contributed by atoms with E-state index in [1.165, 1.54) is 14.2 Å². The second-order valence-corrected chi connectivity index (χ2v) is 10.1. The van der Waals surface area contributed by atoms with Gasteiger partial charge in [-0.1, -0.05) is 59.8 Å². The fraction of sp³-hybridized carbons (Fsp3) is 0.167. The fourth-order valence-electron chi connectivity index (χ4n) is 4.30. The number of nitriles is 1. The molecule has 3 aromatic rings. The van der Waals surface area contributed by atoms with Crippen molar-refractivity contribution < 1.29 is 19.1 Å². The Morgan fingerprint density at radius 2 is 1.75 bits per heavy atom. The topological polar surface area (TPSA) is 112 Å². The van der Waals surface area contributed by atoms with Crippen LogP contribution >= 0.6 is 23.4 Å². The Hall–Kier alpha value is -4.39. The van der Waals surface area contributed by atoms with Gasteiger partial charge in [-0.05, 0) is 42.8 Å². The summed E-state index contributed by atoms with van der Waals surface area (Å²) in [7, 11) is 3.05. The van der Waals surface area contributed by atoms with Gasteiger partial charge in [0.2, 0.25) is 5.91 Å². The van der Waals surface area contributed by atoms with Gasteiger partial charge in [0.15, 0.2) is 0 Å². The second-order valence-electron chi connectivity index (χ2n) is 8.70. The van der Waals surface area contributed by atoms with Crippen molar-refractivity contribution >= 4 is 46.6 Å². The van der Waals surface area contributed by atoms with Gasteiger partial charge in [-0.15, -0.1) is 0 Å². The van der Waals surface area contributed by atoms with Crippen molar-refractivity contribution in [1.82, 2.24) is 5.32 Å². The van der Waals surface area contributed by atoms with Gasteiger partial charge in [0.05, 0.1) is 48.2 Å². The molecule has 3 N–H and O–H groups in total. The minimum absolute atomic E-state index is 0.0120. The average Bonchev–Trinajstić information content (AvgIpc) is 2.96. The molecule has 10 heteroatoms. The summed E-state index contributed by atoms with van der Waals surface area (Å²) < 4.78 is 10.6. The lowest BCUT2D eigenvalue weighted by atomic mass is 9.82. The molecule has 1 aliphatic rings. The Labute approximate surface area is 242 Å². The molecule has 8 nitrogen and oxygen atoms in total. The molecule has 0 saturated carbocycles. The average molecular weight is 575 g/mol. The standard InChI is InChI=1S/C30H27ClN4O4S/c1-18-27(29(37)34-19-9-5-4-6-10-19)28(21-11-7-8-12-23(21)31)22(16-32)30(33-18)40-17-26(36)35-24-15-20(38-2)13-14-25(24)39-3/h4-15,28,33H,17H2,1-3H3,(H,34,37)(H,35,36)/t28-/m0/s1. The zero-order valence-electron chi connectivity index (χ0n) is 22.1. The predicted octanol–water partition coefficient (Wildman–Crippen LogP) is 6.06. The number of methoxy groups -OCH3 is 2. The summed E-state index contributed by atoms with van der Waals surface area (Å²) in [4.78, 5) is 26.5. The quantitative estimate of drug-likeness (QED) is 0.284. The number of nitrogens with one attached hydrogen (secondary N) is 3. The number of rotatable bonds is 9. The molecule has 0 saturated heterocycles. The SMILES string of the molecule is COc1ccc(OC)c(NC(=O)CSC2=C(C#N)[C@H](c3ccccc3Cl)C(C(=O)Nc3ccccc3)=C(C)N2)c1. The van der Waals surface area contributed by atoms with Gasteiger partial charge in [-0.25, -0.2) is 0 Å². The van der Waals surface area contributed by atoms with Gasteiger partial charge < -0.3 is 25.4 Å². The highest BCUT2D eigenvalue weighted by molar-refractivity contribution is 8.03. The number of anilines is 2. The third kappa shape index (κ3) is 6.42. The fourth-order valence-corrected chi connectivity index (χ4v) is 5.44. The largest absolute Gasteiger partial charge is 0.497 e. The van der Waals surface area contributed by atoms with E-state index < -0.39 is 5.92 Å². The van der Waals surface area contributed by atoms with E-state index in [9.17, 15) is 14.9 Å². The lowest BCUT2D eigenvalue weighted by molar-refractivity contribution is -0.114. The number of hydrogen-bond donors (Lipinski definition) is 3. The van der Waals surface area contributed by atoms with Crippen molar-refractivity contribution in [3.05, 3.63) is 105 Å². The lowest BCUT2D eigenvalue weighted by Crippen LogP contribution is -2.31. The number of carbonyl (C=O) groups excluding carboxylic acids is 2. The molecule has 0 aromatic heterocycles. The molecular weight excluding hydrogens is 548 g/mol. The van der Waals surface area contributed by atoms with Crippen LogP contribution in [0.25, 0.3) is 0 Å². The summed E-state index contributed by atoms with van der Waals surface area (Å²) in [6.07, 6.45) is 0. The zero-order chi connectivity index (χ0) is 28.6. The third-order valence-corrected chi connectivity index (χ3v) is 7.53. The highest BCUT2D eigenvalue weighted by atomic mass is 35.5. The summed E-state index contributed by atoms with van der Waals surface area (Å²) in [5, 5.41) is 20.1. The smallest absolute Gasteiger partial charge is 0.254 e. The number of amides is 2. The number of dihydropyridines is 1. The van der Waals surface area contributed by atoms with Gasteiger partial charge in [-0.2, -0.15) is 5.26 Å². The maximum absolute atomic E-state index is 13.5. The first-order valence-corrected chi connectivity index (χ1v) is 13.6.